The molecule has 1 aliphatic carbocycles. The molecule has 0 bridgehead atoms. The third-order valence-electron chi connectivity index (χ3n) is 6.87. The molecule has 0 spiro atoms. The molecule has 164 valence electrons. The van der Waals surface area contributed by atoms with Gasteiger partial charge in [0.1, 0.15) is 0 Å². The highest BCUT2D eigenvalue weighted by molar-refractivity contribution is 5.44. The fourth-order valence-corrected chi connectivity index (χ4v) is 4.61. The zero-order valence-corrected chi connectivity index (χ0v) is 19.7. The molecule has 0 heteroatoms. The first-order valence-corrected chi connectivity index (χ1v) is 12.6. The second-order valence-electron chi connectivity index (χ2n) is 9.28. The van der Waals surface area contributed by atoms with E-state index in [0.29, 0.717) is 0 Å². The molecule has 0 atom stereocenters. The quantitative estimate of drug-likeness (QED) is 0.286. The second kappa shape index (κ2) is 13.2. The lowest BCUT2D eigenvalue weighted by molar-refractivity contribution is 0.259. The number of unbranched alkanes of at least 4 members (excludes halogenated alkanes) is 1. The summed E-state index contributed by atoms with van der Waals surface area (Å²) in [5.41, 5.74) is 5.05. The Bertz CT molecular complexity index is 834. The molecule has 0 heterocycles. The van der Waals surface area contributed by atoms with Crippen molar-refractivity contribution in [2.24, 2.45) is 11.8 Å². The van der Waals surface area contributed by atoms with Gasteiger partial charge in [-0.1, -0.05) is 101 Å². The van der Waals surface area contributed by atoms with Gasteiger partial charge in [-0.3, -0.25) is 0 Å². The smallest absolute Gasteiger partial charge is 0.0249 e. The van der Waals surface area contributed by atoms with Crippen LogP contribution in [0.4, 0.5) is 0 Å². The molecule has 0 aromatic heterocycles. The van der Waals surface area contributed by atoms with Crippen molar-refractivity contribution in [2.75, 3.05) is 0 Å². The fourth-order valence-electron chi connectivity index (χ4n) is 4.61. The first kappa shape index (κ1) is 23.4. The summed E-state index contributed by atoms with van der Waals surface area (Å²) in [7, 11) is 0. The number of benzene rings is 2. The van der Waals surface area contributed by atoms with Crippen molar-refractivity contribution >= 4 is 0 Å². The van der Waals surface area contributed by atoms with Crippen LogP contribution in [-0.4, -0.2) is 0 Å². The van der Waals surface area contributed by atoms with Crippen LogP contribution in [0.5, 0.6) is 0 Å². The molecule has 0 amide bonds. The van der Waals surface area contributed by atoms with Crippen LogP contribution in [0.2, 0.25) is 0 Å². The average Bonchev–Trinajstić information content (AvgIpc) is 2.83. The summed E-state index contributed by atoms with van der Waals surface area (Å²) in [6, 6.07) is 17.7. The first-order valence-electron chi connectivity index (χ1n) is 12.6. The van der Waals surface area contributed by atoms with Crippen molar-refractivity contribution in [1.82, 2.24) is 0 Å². The van der Waals surface area contributed by atoms with E-state index >= 15 is 0 Å². The van der Waals surface area contributed by atoms with Crippen molar-refractivity contribution in [3.05, 3.63) is 82.9 Å². The Morgan fingerprint density at radius 3 is 1.74 bits per heavy atom. The van der Waals surface area contributed by atoms with Gasteiger partial charge in [-0.15, -0.1) is 0 Å². The van der Waals surface area contributed by atoms with E-state index in [4.69, 9.17) is 0 Å². The molecule has 1 saturated carbocycles. The maximum atomic E-state index is 3.33. The van der Waals surface area contributed by atoms with Gasteiger partial charge < -0.3 is 0 Å². The lowest BCUT2D eigenvalue weighted by atomic mass is 9.78. The zero-order valence-electron chi connectivity index (χ0n) is 19.7. The maximum absolute atomic E-state index is 3.33. The summed E-state index contributed by atoms with van der Waals surface area (Å²) in [6.45, 7) is 4.57. The highest BCUT2D eigenvalue weighted by Gasteiger charge is 2.19. The number of hydrogen-bond donors (Lipinski definition) is 0. The third kappa shape index (κ3) is 8.41. The highest BCUT2D eigenvalue weighted by atomic mass is 14.2. The van der Waals surface area contributed by atoms with E-state index in [0.717, 1.165) is 35.8 Å². The minimum atomic E-state index is 0.942. The van der Waals surface area contributed by atoms with Gasteiger partial charge in [0.15, 0.2) is 0 Å². The lowest BCUT2D eigenvalue weighted by Gasteiger charge is -2.27. The third-order valence-corrected chi connectivity index (χ3v) is 6.87. The van der Waals surface area contributed by atoms with Gasteiger partial charge >= 0.3 is 0 Å². The molecule has 1 fully saturated rings. The van der Waals surface area contributed by atoms with E-state index in [1.165, 1.54) is 68.9 Å². The fraction of sp³-hybridized carbons (Fsp3) is 0.484. The summed E-state index contributed by atoms with van der Waals surface area (Å²) in [4.78, 5) is 0. The topological polar surface area (TPSA) is 0 Å². The number of hydrogen-bond acceptors (Lipinski definition) is 0. The SMILES string of the molecule is CCC/C=C/CCc1ccc(C#Cc2ccc(CCC3CCC(CC)CC3)cc2)cc1. The Morgan fingerprint density at radius 2 is 1.19 bits per heavy atom. The molecular formula is C31H40. The molecule has 0 nitrogen and oxygen atoms in total. The molecule has 0 N–H and O–H groups in total. The number of rotatable bonds is 9. The molecule has 0 unspecified atom stereocenters. The van der Waals surface area contributed by atoms with Crippen LogP contribution >= 0.6 is 0 Å². The van der Waals surface area contributed by atoms with Crippen molar-refractivity contribution < 1.29 is 0 Å². The predicted octanol–water partition coefficient (Wildman–Crippen LogP) is 8.52. The van der Waals surface area contributed by atoms with Gasteiger partial charge in [0, 0.05) is 11.1 Å². The largest absolute Gasteiger partial charge is 0.0885 e. The van der Waals surface area contributed by atoms with E-state index in [1.807, 2.05) is 0 Å². The summed E-state index contributed by atoms with van der Waals surface area (Å²) < 4.78 is 0. The Morgan fingerprint density at radius 1 is 0.677 bits per heavy atom. The molecule has 2 aromatic carbocycles. The second-order valence-corrected chi connectivity index (χ2v) is 9.28. The van der Waals surface area contributed by atoms with Gasteiger partial charge in [0.05, 0.1) is 0 Å². The molecule has 1 aliphatic rings. The van der Waals surface area contributed by atoms with Gasteiger partial charge in [0.2, 0.25) is 0 Å². The van der Waals surface area contributed by atoms with E-state index in [9.17, 15) is 0 Å². The summed E-state index contributed by atoms with van der Waals surface area (Å²) in [5.74, 6) is 8.59. The summed E-state index contributed by atoms with van der Waals surface area (Å²) >= 11 is 0. The standard InChI is InChI=1S/C31H40/c1-3-5-6-7-8-9-27-14-16-29(17-15-27)20-21-31-24-22-30(23-25-31)19-18-28-12-10-26(4-2)11-13-28/h6-7,14-17,22-26,28H,3-5,8-13,18-19H2,1-2H3/b7-6+. The van der Waals surface area contributed by atoms with Crippen molar-refractivity contribution in [1.29, 1.82) is 0 Å². The van der Waals surface area contributed by atoms with Crippen LogP contribution in [0.1, 0.15) is 93.9 Å². The van der Waals surface area contributed by atoms with Crippen LogP contribution in [-0.2, 0) is 12.8 Å². The molecule has 0 radical (unpaired) electrons. The normalized spacial score (nSPS) is 18.6. The van der Waals surface area contributed by atoms with Crippen LogP contribution in [0.15, 0.2) is 60.7 Å². The predicted molar refractivity (Wildman–Crippen MR) is 135 cm³/mol. The number of aryl methyl sites for hydroxylation is 2. The first-order chi connectivity index (χ1) is 15.3. The lowest BCUT2D eigenvalue weighted by Crippen LogP contribution is -2.14. The van der Waals surface area contributed by atoms with Gasteiger partial charge in [0.25, 0.3) is 0 Å². The van der Waals surface area contributed by atoms with Crippen molar-refractivity contribution in [2.45, 2.75) is 84.5 Å². The van der Waals surface area contributed by atoms with Gasteiger partial charge in [-0.2, -0.15) is 0 Å². The molecule has 0 aliphatic heterocycles. The van der Waals surface area contributed by atoms with Gasteiger partial charge in [-0.25, -0.2) is 0 Å². The van der Waals surface area contributed by atoms with E-state index in [1.54, 1.807) is 0 Å². The maximum Gasteiger partial charge on any atom is 0.0249 e. The molecule has 0 saturated heterocycles. The monoisotopic (exact) mass is 412 g/mol. The summed E-state index contributed by atoms with van der Waals surface area (Å²) in [6.07, 6.45) is 19.0. The van der Waals surface area contributed by atoms with E-state index in [-0.39, 0.29) is 0 Å². The Kier molecular flexibility index (Phi) is 9.98. The zero-order chi connectivity index (χ0) is 21.7. The Labute approximate surface area is 191 Å². The minimum absolute atomic E-state index is 0.942. The van der Waals surface area contributed by atoms with Crippen LogP contribution in [0, 0.1) is 23.7 Å². The van der Waals surface area contributed by atoms with E-state index in [2.05, 4.69) is 86.4 Å². The van der Waals surface area contributed by atoms with Crippen LogP contribution < -0.4 is 0 Å². The molecule has 3 rings (SSSR count). The van der Waals surface area contributed by atoms with Gasteiger partial charge in [-0.05, 0) is 79.3 Å². The summed E-state index contributed by atoms with van der Waals surface area (Å²) in [5, 5.41) is 0. The highest BCUT2D eigenvalue weighted by Crippen LogP contribution is 2.33. The van der Waals surface area contributed by atoms with Crippen molar-refractivity contribution in [3.63, 3.8) is 0 Å². The van der Waals surface area contributed by atoms with E-state index < -0.39 is 0 Å². The van der Waals surface area contributed by atoms with Crippen LogP contribution in [0.3, 0.4) is 0 Å². The molecule has 2 aromatic rings. The Balaban J connectivity index is 1.43. The van der Waals surface area contributed by atoms with Crippen LogP contribution in [0.25, 0.3) is 0 Å². The molecule has 31 heavy (non-hydrogen) atoms. The minimum Gasteiger partial charge on any atom is -0.0885 e. The molecular weight excluding hydrogens is 372 g/mol. The Hall–Kier alpha value is -2.26. The average molecular weight is 413 g/mol. The van der Waals surface area contributed by atoms with Crippen molar-refractivity contribution in [3.8, 4) is 11.8 Å². The number of allylic oxidation sites excluding steroid dienone is 2.